The number of carbonyl (C=O) groups excluding carboxylic acids is 4. The van der Waals surface area contributed by atoms with Crippen LogP contribution in [0.4, 0.5) is 0 Å². The maximum absolute atomic E-state index is 13.1. The summed E-state index contributed by atoms with van der Waals surface area (Å²) in [7, 11) is -9.96. The molecule has 0 fully saturated rings. The predicted molar refractivity (Wildman–Crippen MR) is 418 cm³/mol. The van der Waals surface area contributed by atoms with Gasteiger partial charge in [-0.2, -0.15) is 0 Å². The SMILES string of the molecule is CC/C=C\C/C=C\C/C=C\C/C=C\CCCCCCCCC(=O)OCC(COP(=O)(O)OCC(O)COP(=O)(O)OCC(COC(=O)CCCCCCCC/C=C\C/C=C\C/C=C\C/C=C\CC)OC(=O)CCCCCCCCCCCCCCC)OC(=O)CCCCCCC/C=C\CCCC. The molecule has 588 valence electrons. The molecule has 0 aliphatic heterocycles. The Kier molecular flexibility index (Phi) is 71.8. The second-order valence-electron chi connectivity index (χ2n) is 26.6. The van der Waals surface area contributed by atoms with E-state index in [2.05, 4.69) is 137 Å². The highest BCUT2D eigenvalue weighted by Gasteiger charge is 2.30. The van der Waals surface area contributed by atoms with Crippen LogP contribution in [0.1, 0.15) is 336 Å². The number of hydrogen-bond donors (Lipinski definition) is 3. The number of hydrogen-bond acceptors (Lipinski definition) is 15. The monoisotopic (exact) mass is 1470 g/mol. The first kappa shape index (κ1) is 97.7. The standard InChI is InChI=1S/C83H144O17P2/c1-5-9-13-17-21-25-29-32-34-36-38-40-42-45-48-51-55-59-63-67-80(85)93-73-78(99-82(87)69-65-61-57-53-47-28-24-20-16-12-8-4)75-97-101(89,90)95-71-77(84)72-96-102(91,92)98-76-79(100-83(88)70-66-62-58-54-50-44-31-27-23-19-15-11-7-3)74-94-81(86)68-64-60-56-52-49-46-43-41-39-37-35-33-30-26-22-18-14-10-6-2/h9-10,13-14,20-22,24-26,32-35,38-41,77-79,84H,5-8,11-12,15-19,23,27-31,36-37,42-76H2,1-4H3,(H,89,90)(H,91,92)/b13-9-,14-10-,24-20-,25-21-,26-22-,34-32-,35-33-,40-38-,41-39-. The summed E-state index contributed by atoms with van der Waals surface area (Å²) in [4.78, 5) is 73.0. The van der Waals surface area contributed by atoms with Gasteiger partial charge < -0.3 is 33.8 Å². The normalized spacial score (nSPS) is 14.5. The molecule has 0 aliphatic rings. The molecule has 0 aromatic rings. The average Bonchev–Trinajstić information content (AvgIpc) is 0.928. The Labute approximate surface area is 619 Å². The van der Waals surface area contributed by atoms with Gasteiger partial charge in [-0.3, -0.25) is 37.3 Å². The Morgan fingerprint density at radius 1 is 0.284 bits per heavy atom. The predicted octanol–water partition coefficient (Wildman–Crippen LogP) is 23.3. The van der Waals surface area contributed by atoms with E-state index in [0.29, 0.717) is 25.7 Å². The second-order valence-corrected chi connectivity index (χ2v) is 29.5. The van der Waals surface area contributed by atoms with E-state index in [1.165, 1.54) is 64.2 Å². The van der Waals surface area contributed by atoms with Crippen molar-refractivity contribution in [3.05, 3.63) is 109 Å². The summed E-state index contributed by atoms with van der Waals surface area (Å²) in [6.45, 7) is 4.60. The van der Waals surface area contributed by atoms with Crippen LogP contribution >= 0.6 is 15.6 Å². The molecule has 0 bridgehead atoms. The van der Waals surface area contributed by atoms with E-state index >= 15 is 0 Å². The zero-order chi connectivity index (χ0) is 74.6. The van der Waals surface area contributed by atoms with Crippen LogP contribution in [0.5, 0.6) is 0 Å². The Hall–Kier alpha value is -4.28. The van der Waals surface area contributed by atoms with Crippen molar-refractivity contribution in [1.82, 2.24) is 0 Å². The molecule has 5 atom stereocenters. The zero-order valence-corrected chi connectivity index (χ0v) is 66.0. The summed E-state index contributed by atoms with van der Waals surface area (Å²) < 4.78 is 68.6. The number of unbranched alkanes of at least 4 members (excludes halogenated alkanes) is 31. The van der Waals surface area contributed by atoms with Gasteiger partial charge in [-0.1, -0.05) is 298 Å². The number of phosphoric acid groups is 2. The number of phosphoric ester groups is 2. The van der Waals surface area contributed by atoms with Crippen molar-refractivity contribution in [3.63, 3.8) is 0 Å². The molecule has 0 radical (unpaired) electrons. The highest BCUT2D eigenvalue weighted by Crippen LogP contribution is 2.45. The lowest BCUT2D eigenvalue weighted by atomic mass is 10.0. The molecule has 17 nitrogen and oxygen atoms in total. The summed E-state index contributed by atoms with van der Waals surface area (Å²) in [5.41, 5.74) is 0. The topological polar surface area (TPSA) is 237 Å². The van der Waals surface area contributed by atoms with Crippen LogP contribution < -0.4 is 0 Å². The minimum atomic E-state index is -4.98. The average molecular weight is 1480 g/mol. The molecule has 0 saturated carbocycles. The summed E-state index contributed by atoms with van der Waals surface area (Å²) >= 11 is 0. The number of rotatable bonds is 75. The minimum absolute atomic E-state index is 0.0807. The molecule has 5 unspecified atom stereocenters. The lowest BCUT2D eigenvalue weighted by Crippen LogP contribution is -2.30. The van der Waals surface area contributed by atoms with Gasteiger partial charge in [0.2, 0.25) is 0 Å². The summed E-state index contributed by atoms with van der Waals surface area (Å²) in [6.07, 6.45) is 80.7. The summed E-state index contributed by atoms with van der Waals surface area (Å²) in [5.74, 6) is -2.20. The van der Waals surface area contributed by atoms with Gasteiger partial charge in [0.1, 0.15) is 19.3 Å². The van der Waals surface area contributed by atoms with Crippen molar-refractivity contribution < 1.29 is 80.2 Å². The molecule has 0 rings (SSSR count). The Morgan fingerprint density at radius 3 is 0.824 bits per heavy atom. The van der Waals surface area contributed by atoms with Crippen LogP contribution in [0, 0.1) is 0 Å². The van der Waals surface area contributed by atoms with Crippen LogP contribution in [0.15, 0.2) is 109 Å². The third kappa shape index (κ3) is 74.0. The van der Waals surface area contributed by atoms with Crippen molar-refractivity contribution in [1.29, 1.82) is 0 Å². The van der Waals surface area contributed by atoms with Gasteiger partial charge in [0.25, 0.3) is 0 Å². The van der Waals surface area contributed by atoms with Gasteiger partial charge in [-0.25, -0.2) is 9.13 Å². The van der Waals surface area contributed by atoms with Gasteiger partial charge in [-0.05, 0) is 122 Å². The first-order valence-electron chi connectivity index (χ1n) is 40.1. The molecule has 102 heavy (non-hydrogen) atoms. The Balaban J connectivity index is 5.30. The first-order chi connectivity index (χ1) is 49.7. The number of esters is 4. The number of carbonyl (C=O) groups is 4. The molecule has 0 aromatic carbocycles. The van der Waals surface area contributed by atoms with Crippen molar-refractivity contribution in [3.8, 4) is 0 Å². The van der Waals surface area contributed by atoms with Crippen LogP contribution in [-0.2, 0) is 65.4 Å². The van der Waals surface area contributed by atoms with Crippen molar-refractivity contribution in [2.24, 2.45) is 0 Å². The molecule has 3 N–H and O–H groups in total. The maximum atomic E-state index is 13.1. The fraction of sp³-hybridized carbons (Fsp3) is 0.735. The van der Waals surface area contributed by atoms with E-state index in [1.807, 2.05) is 0 Å². The largest absolute Gasteiger partial charge is 0.472 e. The van der Waals surface area contributed by atoms with E-state index in [0.717, 1.165) is 193 Å². The maximum Gasteiger partial charge on any atom is 0.472 e. The van der Waals surface area contributed by atoms with E-state index < -0.39 is 97.5 Å². The third-order valence-corrected chi connectivity index (χ3v) is 18.6. The van der Waals surface area contributed by atoms with E-state index in [-0.39, 0.29) is 25.7 Å². The summed E-state index contributed by atoms with van der Waals surface area (Å²) in [6, 6.07) is 0. The van der Waals surface area contributed by atoms with Crippen LogP contribution in [0.25, 0.3) is 0 Å². The van der Waals surface area contributed by atoms with Gasteiger partial charge in [0.05, 0.1) is 26.4 Å². The number of aliphatic hydroxyl groups excluding tert-OH is 1. The molecule has 0 spiro atoms. The van der Waals surface area contributed by atoms with Crippen molar-refractivity contribution in [2.45, 2.75) is 354 Å². The fourth-order valence-electron chi connectivity index (χ4n) is 10.7. The molecule has 0 aliphatic carbocycles. The second kappa shape index (κ2) is 75.0. The molecule has 0 amide bonds. The number of ether oxygens (including phenoxy) is 4. The molecule has 0 saturated heterocycles. The molecule has 19 heteroatoms. The third-order valence-electron chi connectivity index (χ3n) is 16.7. The van der Waals surface area contributed by atoms with E-state index in [4.69, 9.17) is 37.0 Å². The Morgan fingerprint density at radius 2 is 0.520 bits per heavy atom. The molecular weight excluding hydrogens is 1330 g/mol. The van der Waals surface area contributed by atoms with Crippen molar-refractivity contribution >= 4 is 39.5 Å². The molecule has 0 aromatic heterocycles. The lowest BCUT2D eigenvalue weighted by molar-refractivity contribution is -0.161. The summed E-state index contributed by atoms with van der Waals surface area (Å²) in [5, 5.41) is 10.6. The van der Waals surface area contributed by atoms with Gasteiger partial charge in [0.15, 0.2) is 12.2 Å². The van der Waals surface area contributed by atoms with Crippen LogP contribution in [0.3, 0.4) is 0 Å². The van der Waals surface area contributed by atoms with Gasteiger partial charge in [0, 0.05) is 25.7 Å². The molecule has 0 heterocycles. The quantitative estimate of drug-likeness (QED) is 0.0169. The first-order valence-corrected chi connectivity index (χ1v) is 43.1. The minimum Gasteiger partial charge on any atom is -0.462 e. The van der Waals surface area contributed by atoms with E-state index in [9.17, 15) is 43.2 Å². The lowest BCUT2D eigenvalue weighted by Gasteiger charge is -2.21. The highest BCUT2D eigenvalue weighted by molar-refractivity contribution is 7.47. The number of aliphatic hydroxyl groups is 1. The fourth-order valence-corrected chi connectivity index (χ4v) is 12.2. The zero-order valence-electron chi connectivity index (χ0n) is 64.3. The molecular formula is C83H144O17P2. The van der Waals surface area contributed by atoms with Crippen LogP contribution in [0.2, 0.25) is 0 Å². The van der Waals surface area contributed by atoms with Crippen molar-refractivity contribution in [2.75, 3.05) is 39.6 Å². The highest BCUT2D eigenvalue weighted by atomic mass is 31.2. The smallest absolute Gasteiger partial charge is 0.462 e. The van der Waals surface area contributed by atoms with Gasteiger partial charge in [-0.15, -0.1) is 0 Å². The number of allylic oxidation sites excluding steroid dienone is 18. The van der Waals surface area contributed by atoms with Crippen LogP contribution in [-0.4, -0.2) is 96.7 Å². The Bertz CT molecular complexity index is 2360. The van der Waals surface area contributed by atoms with E-state index in [1.54, 1.807) is 0 Å². The van der Waals surface area contributed by atoms with Gasteiger partial charge >= 0.3 is 39.5 Å².